The number of nitrogens with two attached hydrogens (primary N) is 1. The molecular formula is C13H20N6O. The van der Waals surface area contributed by atoms with Crippen LogP contribution < -0.4 is 11.1 Å². The molecule has 20 heavy (non-hydrogen) atoms. The average Bonchev–Trinajstić information content (AvgIpc) is 2.93. The van der Waals surface area contributed by atoms with Crippen molar-refractivity contribution < 1.29 is 4.74 Å². The number of rotatable bonds is 4. The zero-order valence-electron chi connectivity index (χ0n) is 11.6. The lowest BCUT2D eigenvalue weighted by Gasteiger charge is -2.32. The topological polar surface area (TPSA) is 80.7 Å². The van der Waals surface area contributed by atoms with Gasteiger partial charge in [0, 0.05) is 32.0 Å². The van der Waals surface area contributed by atoms with Crippen molar-refractivity contribution in [3.05, 3.63) is 18.6 Å². The van der Waals surface area contributed by atoms with Crippen LogP contribution in [0.1, 0.15) is 6.92 Å². The van der Waals surface area contributed by atoms with Gasteiger partial charge in [-0.3, -0.25) is 4.90 Å². The third kappa shape index (κ3) is 2.68. The molecule has 1 saturated heterocycles. The first kappa shape index (κ1) is 13.1. The summed E-state index contributed by atoms with van der Waals surface area (Å²) in [7, 11) is 0. The van der Waals surface area contributed by atoms with Crippen molar-refractivity contribution in [3.63, 3.8) is 0 Å². The molecule has 3 N–H and O–H groups in total. The highest BCUT2D eigenvalue weighted by molar-refractivity contribution is 5.64. The van der Waals surface area contributed by atoms with Crippen LogP contribution in [-0.4, -0.2) is 58.2 Å². The van der Waals surface area contributed by atoms with Crippen molar-refractivity contribution in [2.45, 2.75) is 13.0 Å². The first-order valence-corrected chi connectivity index (χ1v) is 6.93. The lowest BCUT2D eigenvalue weighted by molar-refractivity contribution is -0.0192. The number of nitrogen functional groups attached to an aromatic ring is 1. The van der Waals surface area contributed by atoms with Crippen molar-refractivity contribution in [2.75, 3.05) is 43.8 Å². The minimum atomic E-state index is 0.168. The number of hydrogen-bond acceptors (Lipinski definition) is 6. The molecule has 3 heterocycles. The predicted octanol–water partition coefficient (Wildman–Crippen LogP) is 0.444. The Labute approximate surface area is 117 Å². The number of ether oxygens (including phenoxy) is 1. The van der Waals surface area contributed by atoms with E-state index in [0.717, 1.165) is 31.9 Å². The number of imidazole rings is 1. The van der Waals surface area contributed by atoms with Crippen LogP contribution in [0.25, 0.3) is 5.65 Å². The number of aromatic nitrogens is 3. The van der Waals surface area contributed by atoms with Crippen LogP contribution in [0.15, 0.2) is 18.6 Å². The van der Waals surface area contributed by atoms with E-state index in [1.807, 2.05) is 10.6 Å². The van der Waals surface area contributed by atoms with Gasteiger partial charge in [-0.05, 0) is 6.54 Å². The second-order valence-electron chi connectivity index (χ2n) is 4.94. The first-order chi connectivity index (χ1) is 9.76. The van der Waals surface area contributed by atoms with E-state index < -0.39 is 0 Å². The Morgan fingerprint density at radius 1 is 1.55 bits per heavy atom. The number of anilines is 2. The standard InChI is InChI=1S/C13H20N6O/c1-2-18-5-6-20-10(8-18)7-16-12-13-15-3-4-19(13)9-11(14)17-12/h3-4,9-10H,2,5-8,14H2,1H3,(H,16,17). The second-order valence-corrected chi connectivity index (χ2v) is 4.94. The normalized spacial score (nSPS) is 20.4. The van der Waals surface area contributed by atoms with E-state index in [4.69, 9.17) is 10.5 Å². The van der Waals surface area contributed by atoms with Crippen molar-refractivity contribution in [1.29, 1.82) is 0 Å². The summed E-state index contributed by atoms with van der Waals surface area (Å²) in [5, 5.41) is 3.30. The van der Waals surface area contributed by atoms with Gasteiger partial charge in [0.1, 0.15) is 5.82 Å². The number of fused-ring (bicyclic) bond motifs is 1. The average molecular weight is 276 g/mol. The SMILES string of the molecule is CCN1CCOC(CNc2nc(N)cn3ccnc23)C1. The molecule has 108 valence electrons. The van der Waals surface area contributed by atoms with Crippen molar-refractivity contribution in [3.8, 4) is 0 Å². The van der Waals surface area contributed by atoms with Gasteiger partial charge in [-0.25, -0.2) is 9.97 Å². The molecule has 0 bridgehead atoms. The smallest absolute Gasteiger partial charge is 0.180 e. The van der Waals surface area contributed by atoms with Crippen molar-refractivity contribution in [2.24, 2.45) is 0 Å². The van der Waals surface area contributed by atoms with Gasteiger partial charge in [0.2, 0.25) is 0 Å². The maximum absolute atomic E-state index is 5.80. The largest absolute Gasteiger partial charge is 0.382 e. The van der Waals surface area contributed by atoms with Crippen molar-refractivity contribution >= 4 is 17.3 Å². The molecular weight excluding hydrogens is 256 g/mol. The fourth-order valence-electron chi connectivity index (χ4n) is 2.47. The molecule has 1 atom stereocenters. The molecule has 0 saturated carbocycles. The molecule has 2 aromatic heterocycles. The summed E-state index contributed by atoms with van der Waals surface area (Å²) in [6.07, 6.45) is 5.51. The highest BCUT2D eigenvalue weighted by Gasteiger charge is 2.19. The maximum Gasteiger partial charge on any atom is 0.180 e. The molecule has 0 aliphatic carbocycles. The van der Waals surface area contributed by atoms with Gasteiger partial charge < -0.3 is 20.2 Å². The predicted molar refractivity (Wildman–Crippen MR) is 77.7 cm³/mol. The number of likely N-dealkylation sites (N-methyl/N-ethyl adjacent to an activating group) is 1. The quantitative estimate of drug-likeness (QED) is 0.843. The fraction of sp³-hybridized carbons (Fsp3) is 0.538. The van der Waals surface area contributed by atoms with Gasteiger partial charge in [-0.1, -0.05) is 6.92 Å². The molecule has 7 nitrogen and oxygen atoms in total. The summed E-state index contributed by atoms with van der Waals surface area (Å²) in [6.45, 7) is 6.66. The molecule has 0 aromatic carbocycles. The maximum atomic E-state index is 5.80. The summed E-state index contributed by atoms with van der Waals surface area (Å²) in [6, 6.07) is 0. The van der Waals surface area contributed by atoms with Gasteiger partial charge >= 0.3 is 0 Å². The van der Waals surface area contributed by atoms with Crippen LogP contribution in [0.2, 0.25) is 0 Å². The van der Waals surface area contributed by atoms with Gasteiger partial charge in [-0.2, -0.15) is 0 Å². The third-order valence-electron chi connectivity index (χ3n) is 3.56. The van der Waals surface area contributed by atoms with E-state index in [2.05, 4.69) is 27.1 Å². The van der Waals surface area contributed by atoms with Crippen LogP contribution in [0.5, 0.6) is 0 Å². The fourth-order valence-corrected chi connectivity index (χ4v) is 2.47. The third-order valence-corrected chi connectivity index (χ3v) is 3.56. The lowest BCUT2D eigenvalue weighted by atomic mass is 10.2. The number of hydrogen-bond donors (Lipinski definition) is 2. The van der Waals surface area contributed by atoms with E-state index in [1.165, 1.54) is 0 Å². The highest BCUT2D eigenvalue weighted by Crippen LogP contribution is 2.15. The van der Waals surface area contributed by atoms with Gasteiger partial charge in [0.15, 0.2) is 11.5 Å². The van der Waals surface area contributed by atoms with Gasteiger partial charge in [0.25, 0.3) is 0 Å². The first-order valence-electron chi connectivity index (χ1n) is 6.93. The highest BCUT2D eigenvalue weighted by atomic mass is 16.5. The molecule has 3 rings (SSSR count). The summed E-state index contributed by atoms with van der Waals surface area (Å²) in [5.41, 5.74) is 6.58. The number of morpholine rings is 1. The Morgan fingerprint density at radius 2 is 2.45 bits per heavy atom. The molecule has 1 aliphatic heterocycles. The number of nitrogens with one attached hydrogen (secondary N) is 1. The molecule has 2 aromatic rings. The molecule has 1 unspecified atom stereocenters. The Balaban J connectivity index is 1.69. The minimum Gasteiger partial charge on any atom is -0.382 e. The van der Waals surface area contributed by atoms with Crippen molar-refractivity contribution in [1.82, 2.24) is 19.3 Å². The number of nitrogens with zero attached hydrogens (tertiary/aromatic N) is 4. The van der Waals surface area contributed by atoms with Gasteiger partial charge in [0.05, 0.1) is 18.9 Å². The molecule has 1 aliphatic rings. The van der Waals surface area contributed by atoms with Crippen LogP contribution in [-0.2, 0) is 4.74 Å². The van der Waals surface area contributed by atoms with Crippen LogP contribution in [0.4, 0.5) is 11.6 Å². The zero-order chi connectivity index (χ0) is 13.9. The van der Waals surface area contributed by atoms with E-state index >= 15 is 0 Å². The summed E-state index contributed by atoms with van der Waals surface area (Å²) >= 11 is 0. The second kappa shape index (κ2) is 5.64. The van der Waals surface area contributed by atoms with E-state index in [1.54, 1.807) is 12.4 Å². The zero-order valence-corrected chi connectivity index (χ0v) is 11.6. The van der Waals surface area contributed by atoms with E-state index in [9.17, 15) is 0 Å². The molecule has 0 radical (unpaired) electrons. The molecule has 0 amide bonds. The Kier molecular flexibility index (Phi) is 3.70. The summed E-state index contributed by atoms with van der Waals surface area (Å²) < 4.78 is 7.63. The molecule has 7 heteroatoms. The lowest BCUT2D eigenvalue weighted by Crippen LogP contribution is -2.45. The molecule has 0 spiro atoms. The van der Waals surface area contributed by atoms with E-state index in [0.29, 0.717) is 18.2 Å². The monoisotopic (exact) mass is 276 g/mol. The molecule has 1 fully saturated rings. The minimum absolute atomic E-state index is 0.168. The van der Waals surface area contributed by atoms with Crippen LogP contribution >= 0.6 is 0 Å². The van der Waals surface area contributed by atoms with Crippen LogP contribution in [0, 0.1) is 0 Å². The Hall–Kier alpha value is -1.86. The Bertz CT molecular complexity index is 583. The summed E-state index contributed by atoms with van der Waals surface area (Å²) in [5.74, 6) is 1.17. The van der Waals surface area contributed by atoms with Crippen LogP contribution in [0.3, 0.4) is 0 Å². The Morgan fingerprint density at radius 3 is 3.30 bits per heavy atom. The summed E-state index contributed by atoms with van der Waals surface area (Å²) in [4.78, 5) is 11.0. The van der Waals surface area contributed by atoms with E-state index in [-0.39, 0.29) is 6.10 Å². The van der Waals surface area contributed by atoms with Gasteiger partial charge in [-0.15, -0.1) is 0 Å².